The maximum absolute atomic E-state index is 12.3. The molecular formula is C21H22N4O3S. The molecule has 1 aromatic carbocycles. The first-order valence-corrected chi connectivity index (χ1v) is 10.4. The first-order chi connectivity index (χ1) is 14.1. The normalized spacial score (nSPS) is 13.1. The Morgan fingerprint density at radius 1 is 1.17 bits per heavy atom. The van der Waals surface area contributed by atoms with Crippen molar-refractivity contribution in [3.05, 3.63) is 58.8 Å². The topological polar surface area (TPSA) is 87.5 Å². The van der Waals surface area contributed by atoms with E-state index in [1.807, 2.05) is 40.6 Å². The number of hydrogen-bond donors (Lipinski definition) is 2. The molecule has 0 radical (unpaired) electrons. The number of hydrogen-bond acceptors (Lipinski definition) is 6. The summed E-state index contributed by atoms with van der Waals surface area (Å²) in [7, 11) is 0. The number of thiophene rings is 1. The summed E-state index contributed by atoms with van der Waals surface area (Å²) in [5.41, 5.74) is 7.86. The third kappa shape index (κ3) is 4.48. The number of anilines is 1. The average molecular weight is 410 g/mol. The highest BCUT2D eigenvalue weighted by molar-refractivity contribution is 7.13. The van der Waals surface area contributed by atoms with E-state index < -0.39 is 0 Å². The number of aryl methyl sites for hydroxylation is 2. The van der Waals surface area contributed by atoms with Crippen LogP contribution in [0.1, 0.15) is 23.4 Å². The van der Waals surface area contributed by atoms with E-state index in [1.54, 1.807) is 6.92 Å². The average Bonchev–Trinajstić information content (AvgIpc) is 3.37. The smallest absolute Gasteiger partial charge is 0.257 e. The molecule has 8 heteroatoms. The van der Waals surface area contributed by atoms with Crippen LogP contribution in [0.5, 0.6) is 0 Å². The van der Waals surface area contributed by atoms with Crippen LogP contribution >= 0.6 is 11.3 Å². The molecule has 7 nitrogen and oxygen atoms in total. The third-order valence-electron chi connectivity index (χ3n) is 4.83. The summed E-state index contributed by atoms with van der Waals surface area (Å²) in [4.78, 5) is 31.9. The van der Waals surface area contributed by atoms with Crippen LogP contribution in [-0.4, -0.2) is 29.9 Å². The molecular weight excluding hydrogens is 388 g/mol. The minimum atomic E-state index is -0.341. The molecule has 0 atom stereocenters. The second-order valence-corrected chi connectivity index (χ2v) is 7.87. The Morgan fingerprint density at radius 3 is 2.83 bits per heavy atom. The van der Waals surface area contributed by atoms with Crippen LogP contribution in [0.4, 0.5) is 5.69 Å². The molecule has 0 saturated carbocycles. The summed E-state index contributed by atoms with van der Waals surface area (Å²) < 4.78 is 5.64. The zero-order valence-corrected chi connectivity index (χ0v) is 16.9. The monoisotopic (exact) mass is 410 g/mol. The predicted molar refractivity (Wildman–Crippen MR) is 112 cm³/mol. The minimum Gasteiger partial charge on any atom is -0.440 e. The number of amides is 2. The van der Waals surface area contributed by atoms with Gasteiger partial charge in [-0.05, 0) is 42.8 Å². The van der Waals surface area contributed by atoms with Gasteiger partial charge in [-0.3, -0.25) is 20.4 Å². The fourth-order valence-corrected chi connectivity index (χ4v) is 4.07. The molecule has 2 amide bonds. The molecule has 150 valence electrons. The van der Waals surface area contributed by atoms with Crippen LogP contribution < -0.4 is 15.8 Å². The van der Waals surface area contributed by atoms with Gasteiger partial charge in [-0.2, -0.15) is 0 Å². The Kier molecular flexibility index (Phi) is 5.62. The van der Waals surface area contributed by atoms with Crippen molar-refractivity contribution in [1.82, 2.24) is 15.8 Å². The molecule has 4 rings (SSSR count). The fraction of sp³-hybridized carbons (Fsp3) is 0.286. The Morgan fingerprint density at radius 2 is 2.00 bits per heavy atom. The van der Waals surface area contributed by atoms with Crippen molar-refractivity contribution in [2.75, 3.05) is 18.0 Å². The van der Waals surface area contributed by atoms with E-state index in [2.05, 4.69) is 21.9 Å². The van der Waals surface area contributed by atoms with Gasteiger partial charge in [0.2, 0.25) is 11.8 Å². The summed E-state index contributed by atoms with van der Waals surface area (Å²) in [5, 5.41) is 1.94. The van der Waals surface area contributed by atoms with Gasteiger partial charge in [-0.25, -0.2) is 4.98 Å². The Labute approximate surface area is 172 Å². The highest BCUT2D eigenvalue weighted by Crippen LogP contribution is 2.27. The van der Waals surface area contributed by atoms with Gasteiger partial charge >= 0.3 is 0 Å². The summed E-state index contributed by atoms with van der Waals surface area (Å²) >= 11 is 1.52. The fourth-order valence-electron chi connectivity index (χ4n) is 3.42. The number of nitrogens with zero attached hydrogens (tertiary/aromatic N) is 2. The van der Waals surface area contributed by atoms with Crippen molar-refractivity contribution in [2.24, 2.45) is 0 Å². The van der Waals surface area contributed by atoms with Gasteiger partial charge < -0.3 is 9.32 Å². The van der Waals surface area contributed by atoms with Gasteiger partial charge in [-0.15, -0.1) is 11.3 Å². The number of hydrazine groups is 1. The van der Waals surface area contributed by atoms with Crippen LogP contribution in [0.25, 0.3) is 10.8 Å². The van der Waals surface area contributed by atoms with E-state index in [-0.39, 0.29) is 24.8 Å². The summed E-state index contributed by atoms with van der Waals surface area (Å²) in [6, 6.07) is 11.9. The van der Waals surface area contributed by atoms with Crippen molar-refractivity contribution in [2.45, 2.75) is 26.2 Å². The molecule has 0 fully saturated rings. The molecule has 3 heterocycles. The summed E-state index contributed by atoms with van der Waals surface area (Å²) in [6.45, 7) is 2.80. The highest BCUT2D eigenvalue weighted by atomic mass is 32.1. The zero-order valence-electron chi connectivity index (χ0n) is 16.1. The van der Waals surface area contributed by atoms with Gasteiger partial charge in [0, 0.05) is 12.2 Å². The van der Waals surface area contributed by atoms with Gasteiger partial charge in [0.05, 0.1) is 23.5 Å². The van der Waals surface area contributed by atoms with Crippen molar-refractivity contribution >= 4 is 28.8 Å². The molecule has 1 aliphatic rings. The molecule has 0 saturated heterocycles. The van der Waals surface area contributed by atoms with E-state index in [4.69, 9.17) is 4.42 Å². The Balaban J connectivity index is 1.30. The van der Waals surface area contributed by atoms with Crippen molar-refractivity contribution in [3.8, 4) is 10.8 Å². The minimum absolute atomic E-state index is 0.0353. The van der Waals surface area contributed by atoms with E-state index in [0.717, 1.165) is 30.0 Å². The molecule has 0 bridgehead atoms. The molecule has 3 aromatic rings. The number of fused-ring (bicyclic) bond motifs is 1. The predicted octanol–water partition coefficient (Wildman–Crippen LogP) is 2.85. The molecule has 0 aliphatic carbocycles. The Hall–Kier alpha value is -3.13. The maximum atomic E-state index is 12.3. The number of aromatic nitrogens is 1. The standard InChI is InChI=1S/C21H22N4O3S/c1-14-16(22-21(28-14)18-9-5-11-29-18)12-19(26)23-24-20(27)13-25-10-4-7-15-6-2-3-8-17(15)25/h2-3,5-6,8-9,11H,4,7,10,12-13H2,1H3,(H,23,26)(H,24,27). The maximum Gasteiger partial charge on any atom is 0.257 e. The summed E-state index contributed by atoms with van der Waals surface area (Å²) in [6.07, 6.45) is 2.07. The molecule has 1 aliphatic heterocycles. The second kappa shape index (κ2) is 8.48. The molecule has 0 spiro atoms. The Bertz CT molecular complexity index is 1010. The second-order valence-electron chi connectivity index (χ2n) is 6.93. The number of para-hydroxylation sites is 1. The molecule has 0 unspecified atom stereocenters. The van der Waals surface area contributed by atoms with Gasteiger partial charge in [-0.1, -0.05) is 24.3 Å². The van der Waals surface area contributed by atoms with Crippen molar-refractivity contribution in [3.63, 3.8) is 0 Å². The van der Waals surface area contributed by atoms with Crippen molar-refractivity contribution < 1.29 is 14.0 Å². The molecule has 2 N–H and O–H groups in total. The van der Waals surface area contributed by atoms with Crippen molar-refractivity contribution in [1.29, 1.82) is 0 Å². The molecule has 29 heavy (non-hydrogen) atoms. The van der Waals surface area contributed by atoms with E-state index >= 15 is 0 Å². The molecule has 2 aromatic heterocycles. The lowest BCUT2D eigenvalue weighted by atomic mass is 10.0. The van der Waals surface area contributed by atoms with Crippen LogP contribution in [0, 0.1) is 6.92 Å². The number of nitrogens with one attached hydrogen (secondary N) is 2. The SMILES string of the molecule is Cc1oc(-c2cccs2)nc1CC(=O)NNC(=O)CN1CCCc2ccccc21. The lowest BCUT2D eigenvalue weighted by Gasteiger charge is -2.30. The van der Waals surface area contributed by atoms with Crippen LogP contribution in [0.2, 0.25) is 0 Å². The van der Waals surface area contributed by atoms with E-state index in [1.165, 1.54) is 16.9 Å². The van der Waals surface area contributed by atoms with Gasteiger partial charge in [0.1, 0.15) is 5.76 Å². The van der Waals surface area contributed by atoms with E-state index in [9.17, 15) is 9.59 Å². The van der Waals surface area contributed by atoms with Gasteiger partial charge in [0.25, 0.3) is 5.91 Å². The number of carbonyl (C=O) groups excluding carboxylic acids is 2. The quantitative estimate of drug-likeness (QED) is 0.632. The lowest BCUT2D eigenvalue weighted by molar-refractivity contribution is -0.127. The van der Waals surface area contributed by atoms with Crippen LogP contribution in [0.15, 0.2) is 46.2 Å². The number of oxazole rings is 1. The first-order valence-electron chi connectivity index (χ1n) is 9.51. The van der Waals surface area contributed by atoms with E-state index in [0.29, 0.717) is 17.3 Å². The largest absolute Gasteiger partial charge is 0.440 e. The van der Waals surface area contributed by atoms with Crippen LogP contribution in [-0.2, 0) is 22.4 Å². The zero-order chi connectivity index (χ0) is 20.2. The number of carbonyl (C=O) groups is 2. The lowest BCUT2D eigenvalue weighted by Crippen LogP contribution is -2.47. The number of rotatable bonds is 5. The number of benzene rings is 1. The van der Waals surface area contributed by atoms with Gasteiger partial charge in [0.15, 0.2) is 0 Å². The highest BCUT2D eigenvalue weighted by Gasteiger charge is 2.19. The summed E-state index contributed by atoms with van der Waals surface area (Å²) in [5.74, 6) is 0.505. The first kappa shape index (κ1) is 19.2. The third-order valence-corrected chi connectivity index (χ3v) is 5.69. The van der Waals surface area contributed by atoms with Crippen LogP contribution in [0.3, 0.4) is 0 Å².